The fourth-order valence-corrected chi connectivity index (χ4v) is 4.07. The van der Waals surface area contributed by atoms with Crippen LogP contribution in [0.2, 0.25) is 0 Å². The number of carbonyl (C=O) groups is 2. The maximum Gasteiger partial charge on any atom is 0.340 e. The lowest BCUT2D eigenvalue weighted by atomic mass is 9.76. The number of aliphatic hydroxyl groups excluding tert-OH is 1. The minimum Gasteiger partial charge on any atom is -0.457 e. The summed E-state index contributed by atoms with van der Waals surface area (Å²) in [4.78, 5) is 25.6. The predicted molar refractivity (Wildman–Crippen MR) is 97.6 cm³/mol. The summed E-state index contributed by atoms with van der Waals surface area (Å²) in [6, 6.07) is 0. The molecule has 0 spiro atoms. The Bertz CT molecular complexity index is 659. The molecule has 0 bridgehead atoms. The summed E-state index contributed by atoms with van der Waals surface area (Å²) in [6.45, 7) is 9.21. The number of ketones is 1. The molecule has 2 unspecified atom stereocenters. The third-order valence-electron chi connectivity index (χ3n) is 6.50. The van der Waals surface area contributed by atoms with E-state index >= 15 is 0 Å². The molecule has 2 aliphatic rings. The highest BCUT2D eigenvalue weighted by Gasteiger charge is 2.62. The Morgan fingerprint density at radius 1 is 1.30 bits per heavy atom. The van der Waals surface area contributed by atoms with Gasteiger partial charge in [-0.3, -0.25) is 4.79 Å². The normalized spacial score (nSPS) is 37.7. The minimum absolute atomic E-state index is 0.0181. The van der Waals surface area contributed by atoms with Crippen molar-refractivity contribution >= 4 is 11.8 Å². The molecule has 7 heteroatoms. The van der Waals surface area contributed by atoms with Crippen molar-refractivity contribution in [2.45, 2.75) is 89.8 Å². The second-order valence-electron chi connectivity index (χ2n) is 8.83. The molecule has 7 nitrogen and oxygen atoms in total. The van der Waals surface area contributed by atoms with Crippen LogP contribution in [0.25, 0.3) is 0 Å². The van der Waals surface area contributed by atoms with Gasteiger partial charge < -0.3 is 25.2 Å². The van der Waals surface area contributed by atoms with E-state index in [1.165, 1.54) is 13.8 Å². The Labute approximate surface area is 160 Å². The molecule has 0 saturated heterocycles. The molecule has 0 aromatic carbocycles. The molecule has 27 heavy (non-hydrogen) atoms. The van der Waals surface area contributed by atoms with E-state index in [1.807, 2.05) is 13.8 Å². The summed E-state index contributed by atoms with van der Waals surface area (Å²) in [5.74, 6) is -2.00. The van der Waals surface area contributed by atoms with Gasteiger partial charge in [-0.1, -0.05) is 19.4 Å². The zero-order valence-electron chi connectivity index (χ0n) is 16.9. The van der Waals surface area contributed by atoms with Gasteiger partial charge in [0.25, 0.3) is 0 Å². The second-order valence-corrected chi connectivity index (χ2v) is 8.83. The molecule has 1 fully saturated rings. The van der Waals surface area contributed by atoms with Gasteiger partial charge in [-0.05, 0) is 52.9 Å². The summed E-state index contributed by atoms with van der Waals surface area (Å²) in [6.07, 6.45) is -1.98. The highest BCUT2D eigenvalue weighted by molar-refractivity contribution is 6.01. The van der Waals surface area contributed by atoms with Crippen LogP contribution in [-0.4, -0.2) is 61.2 Å². The molecule has 0 heterocycles. The summed E-state index contributed by atoms with van der Waals surface area (Å²) in [7, 11) is 0. The van der Waals surface area contributed by atoms with Crippen LogP contribution in [0.3, 0.4) is 0 Å². The molecule has 2 aliphatic carbocycles. The molecule has 0 aromatic heterocycles. The van der Waals surface area contributed by atoms with E-state index in [9.17, 15) is 30.0 Å². The number of hydrogen-bond acceptors (Lipinski definition) is 7. The number of fused-ring (bicyclic) bond motifs is 1. The van der Waals surface area contributed by atoms with E-state index in [2.05, 4.69) is 0 Å². The van der Waals surface area contributed by atoms with Gasteiger partial charge in [-0.15, -0.1) is 0 Å². The van der Waals surface area contributed by atoms with Crippen LogP contribution in [0.1, 0.15) is 60.8 Å². The Kier molecular flexibility index (Phi) is 5.67. The van der Waals surface area contributed by atoms with Crippen LogP contribution in [0.5, 0.6) is 0 Å². The summed E-state index contributed by atoms with van der Waals surface area (Å²) in [5.41, 5.74) is -4.99. The van der Waals surface area contributed by atoms with Gasteiger partial charge in [0.05, 0.1) is 6.10 Å². The lowest BCUT2D eigenvalue weighted by Gasteiger charge is -2.43. The smallest absolute Gasteiger partial charge is 0.340 e. The first-order valence-corrected chi connectivity index (χ1v) is 9.48. The van der Waals surface area contributed by atoms with Gasteiger partial charge in [0.2, 0.25) is 0 Å². The second kappa shape index (κ2) is 6.95. The molecule has 154 valence electrons. The number of ether oxygens (including phenoxy) is 1. The molecule has 4 N–H and O–H groups in total. The number of Topliss-reactive ketones (excluding diaryl/α,β-unsaturated/α-hetero) is 1. The summed E-state index contributed by atoms with van der Waals surface area (Å²) in [5, 5.41) is 42.5. The molecule has 1 saturated carbocycles. The van der Waals surface area contributed by atoms with Crippen molar-refractivity contribution in [2.75, 3.05) is 0 Å². The molecular weight excluding hydrogens is 352 g/mol. The largest absolute Gasteiger partial charge is 0.457 e. The van der Waals surface area contributed by atoms with Gasteiger partial charge >= 0.3 is 5.97 Å². The third kappa shape index (κ3) is 3.35. The van der Waals surface area contributed by atoms with Crippen molar-refractivity contribution in [3.63, 3.8) is 0 Å². The molecule has 0 aromatic rings. The molecule has 0 radical (unpaired) electrons. The van der Waals surface area contributed by atoms with E-state index < -0.39 is 40.9 Å². The van der Waals surface area contributed by atoms with E-state index in [1.54, 1.807) is 6.92 Å². The lowest BCUT2D eigenvalue weighted by molar-refractivity contribution is -0.213. The number of allylic oxidation sites excluding steroid dienone is 1. The molecule has 0 aliphatic heterocycles. The monoisotopic (exact) mass is 384 g/mol. The topological polar surface area (TPSA) is 124 Å². The molecule has 6 atom stereocenters. The van der Waals surface area contributed by atoms with Crippen LogP contribution >= 0.6 is 0 Å². The SMILES string of the molecule is CC1=C2C(=O)[C@H](C(C)C)C[C@H](OC(=O)C(C)(O)C(C)O)[C@@](C)(O)[C@]2(O)CC1. The number of rotatable bonds is 4. The predicted octanol–water partition coefficient (Wildman–Crippen LogP) is 0.867. The first-order valence-electron chi connectivity index (χ1n) is 9.48. The average molecular weight is 384 g/mol. The van der Waals surface area contributed by atoms with E-state index in [4.69, 9.17) is 4.74 Å². The van der Waals surface area contributed by atoms with Gasteiger partial charge in [-0.25, -0.2) is 4.79 Å². The highest BCUT2D eigenvalue weighted by atomic mass is 16.6. The fraction of sp³-hybridized carbons (Fsp3) is 0.800. The van der Waals surface area contributed by atoms with Crippen molar-refractivity contribution in [1.29, 1.82) is 0 Å². The van der Waals surface area contributed by atoms with Crippen LogP contribution in [-0.2, 0) is 14.3 Å². The maximum atomic E-state index is 13.1. The van der Waals surface area contributed by atoms with Crippen molar-refractivity contribution in [3.05, 3.63) is 11.1 Å². The number of carbonyl (C=O) groups excluding carboxylic acids is 2. The zero-order chi connectivity index (χ0) is 20.9. The Hall–Kier alpha value is -1.28. The quantitative estimate of drug-likeness (QED) is 0.530. The average Bonchev–Trinajstić information content (AvgIpc) is 2.83. The first-order chi connectivity index (χ1) is 12.2. The molecular formula is C20H32O7. The maximum absolute atomic E-state index is 13.1. The van der Waals surface area contributed by atoms with Crippen molar-refractivity contribution in [3.8, 4) is 0 Å². The van der Waals surface area contributed by atoms with Crippen molar-refractivity contribution in [1.82, 2.24) is 0 Å². The minimum atomic E-state index is -2.17. The van der Waals surface area contributed by atoms with Crippen LogP contribution in [0.4, 0.5) is 0 Å². The standard InChI is InChI=1S/C20H32O7/c1-10(2)13-9-14(27-17(23)18(5,24)12(4)21)19(6,25)20(26)8-7-11(3)15(20)16(13)22/h10,12-14,21,24-26H,7-9H2,1-6H3/t12?,13-,14-,18?,19+,20-/m0/s1. The molecule has 2 rings (SSSR count). The number of aliphatic hydroxyl groups is 4. The van der Waals surface area contributed by atoms with Crippen molar-refractivity contribution in [2.24, 2.45) is 11.8 Å². The van der Waals surface area contributed by atoms with Gasteiger partial charge in [0.15, 0.2) is 11.4 Å². The Balaban J connectivity index is 2.52. The van der Waals surface area contributed by atoms with Crippen LogP contribution < -0.4 is 0 Å². The number of esters is 1. The van der Waals surface area contributed by atoms with Gasteiger partial charge in [-0.2, -0.15) is 0 Å². The van der Waals surface area contributed by atoms with Crippen LogP contribution in [0.15, 0.2) is 11.1 Å². The zero-order valence-corrected chi connectivity index (χ0v) is 16.9. The summed E-state index contributed by atoms with van der Waals surface area (Å²) >= 11 is 0. The van der Waals surface area contributed by atoms with Crippen molar-refractivity contribution < 1.29 is 34.8 Å². The Morgan fingerprint density at radius 3 is 2.33 bits per heavy atom. The Morgan fingerprint density at radius 2 is 1.85 bits per heavy atom. The fourth-order valence-electron chi connectivity index (χ4n) is 4.07. The summed E-state index contributed by atoms with van der Waals surface area (Å²) < 4.78 is 5.42. The third-order valence-corrected chi connectivity index (χ3v) is 6.50. The first kappa shape index (κ1) is 22.0. The van der Waals surface area contributed by atoms with E-state index in [-0.39, 0.29) is 30.1 Å². The van der Waals surface area contributed by atoms with Gasteiger partial charge in [0.1, 0.15) is 17.3 Å². The van der Waals surface area contributed by atoms with E-state index in [0.29, 0.717) is 6.42 Å². The highest BCUT2D eigenvalue weighted by Crippen LogP contribution is 2.50. The molecule has 0 amide bonds. The van der Waals surface area contributed by atoms with E-state index in [0.717, 1.165) is 12.5 Å². The lowest BCUT2D eigenvalue weighted by Crippen LogP contribution is -2.61. The van der Waals surface area contributed by atoms with Crippen LogP contribution in [0, 0.1) is 11.8 Å². The van der Waals surface area contributed by atoms with Gasteiger partial charge in [0, 0.05) is 11.5 Å². The number of hydrogen-bond donors (Lipinski definition) is 4.